The van der Waals surface area contributed by atoms with Gasteiger partial charge in [-0.05, 0) is 36.8 Å². The molecular formula is C17H14N2O. The SMILES string of the molecule is Cc1ccc2c(c1)n1c(cc3ccccc31)c(=O)n2C. The van der Waals surface area contributed by atoms with Gasteiger partial charge in [-0.1, -0.05) is 24.3 Å². The quantitative estimate of drug-likeness (QED) is 0.478. The van der Waals surface area contributed by atoms with Gasteiger partial charge in [-0.3, -0.25) is 4.79 Å². The Kier molecular flexibility index (Phi) is 2.11. The maximum absolute atomic E-state index is 12.5. The van der Waals surface area contributed by atoms with Gasteiger partial charge in [-0.25, -0.2) is 0 Å². The van der Waals surface area contributed by atoms with Crippen molar-refractivity contribution < 1.29 is 0 Å². The predicted molar refractivity (Wildman–Crippen MR) is 82.4 cm³/mol. The van der Waals surface area contributed by atoms with E-state index in [9.17, 15) is 4.79 Å². The third kappa shape index (κ3) is 1.32. The Bertz CT molecular complexity index is 1040. The first-order chi connectivity index (χ1) is 9.66. The summed E-state index contributed by atoms with van der Waals surface area (Å²) in [6.45, 7) is 2.07. The lowest BCUT2D eigenvalue weighted by Gasteiger charge is -2.09. The molecule has 0 spiro atoms. The highest BCUT2D eigenvalue weighted by Gasteiger charge is 2.11. The van der Waals surface area contributed by atoms with Gasteiger partial charge in [0, 0.05) is 12.4 Å². The fraction of sp³-hybridized carbons (Fsp3) is 0.118. The fourth-order valence-corrected chi connectivity index (χ4v) is 2.95. The Balaban J connectivity index is 2.45. The van der Waals surface area contributed by atoms with Crippen molar-refractivity contribution in [3.05, 3.63) is 64.4 Å². The maximum atomic E-state index is 12.5. The number of aromatic nitrogens is 2. The Hall–Kier alpha value is -2.55. The van der Waals surface area contributed by atoms with Crippen LogP contribution in [0.15, 0.2) is 53.3 Å². The van der Waals surface area contributed by atoms with Crippen LogP contribution in [0.25, 0.3) is 27.5 Å². The molecule has 3 nitrogen and oxygen atoms in total. The Labute approximate surface area is 115 Å². The second-order valence-corrected chi connectivity index (χ2v) is 5.28. The monoisotopic (exact) mass is 262 g/mol. The zero-order valence-corrected chi connectivity index (χ0v) is 11.4. The number of rotatable bonds is 0. The molecule has 0 atom stereocenters. The summed E-state index contributed by atoms with van der Waals surface area (Å²) < 4.78 is 3.79. The standard InChI is InChI=1S/C17H14N2O/c1-11-7-8-14-15(9-11)19-13-6-4-3-5-12(13)10-16(19)17(20)18(14)2/h3-10H,1-2H3. The highest BCUT2D eigenvalue weighted by Crippen LogP contribution is 2.23. The van der Waals surface area contributed by atoms with E-state index in [1.807, 2.05) is 43.4 Å². The lowest BCUT2D eigenvalue weighted by Crippen LogP contribution is -2.19. The summed E-state index contributed by atoms with van der Waals surface area (Å²) in [6, 6.07) is 16.3. The third-order valence-electron chi connectivity index (χ3n) is 3.97. The van der Waals surface area contributed by atoms with Gasteiger partial charge in [0.15, 0.2) is 0 Å². The summed E-state index contributed by atoms with van der Waals surface area (Å²) in [6.07, 6.45) is 0. The highest BCUT2D eigenvalue weighted by molar-refractivity contribution is 5.93. The molecule has 2 heterocycles. The molecule has 0 aliphatic rings. The molecule has 0 saturated carbocycles. The van der Waals surface area contributed by atoms with E-state index >= 15 is 0 Å². The molecule has 0 bridgehead atoms. The summed E-state index contributed by atoms with van der Waals surface area (Å²) in [4.78, 5) is 12.5. The number of fused-ring (bicyclic) bond motifs is 5. The first-order valence-corrected chi connectivity index (χ1v) is 6.66. The first kappa shape index (κ1) is 11.3. The van der Waals surface area contributed by atoms with Crippen molar-refractivity contribution in [3.8, 4) is 0 Å². The Morgan fingerprint density at radius 2 is 1.65 bits per heavy atom. The van der Waals surface area contributed by atoms with Crippen molar-refractivity contribution in [1.29, 1.82) is 0 Å². The van der Waals surface area contributed by atoms with Crippen LogP contribution in [0.3, 0.4) is 0 Å². The molecule has 0 saturated heterocycles. The number of para-hydroxylation sites is 1. The molecule has 4 rings (SSSR count). The van der Waals surface area contributed by atoms with Crippen LogP contribution >= 0.6 is 0 Å². The maximum Gasteiger partial charge on any atom is 0.275 e. The smallest absolute Gasteiger partial charge is 0.275 e. The van der Waals surface area contributed by atoms with E-state index in [1.165, 1.54) is 5.56 Å². The lowest BCUT2D eigenvalue weighted by atomic mass is 10.2. The highest BCUT2D eigenvalue weighted by atomic mass is 16.1. The topological polar surface area (TPSA) is 26.4 Å². The number of benzene rings is 2. The summed E-state index contributed by atoms with van der Waals surface area (Å²) in [5.41, 5.74) is 5.06. The Morgan fingerprint density at radius 1 is 0.850 bits per heavy atom. The zero-order valence-electron chi connectivity index (χ0n) is 11.4. The van der Waals surface area contributed by atoms with Gasteiger partial charge in [-0.15, -0.1) is 0 Å². The molecule has 2 aromatic carbocycles. The van der Waals surface area contributed by atoms with Crippen LogP contribution in [-0.2, 0) is 7.05 Å². The Morgan fingerprint density at radius 3 is 2.50 bits per heavy atom. The van der Waals surface area contributed by atoms with E-state index in [0.29, 0.717) is 0 Å². The van der Waals surface area contributed by atoms with Gasteiger partial charge in [0.25, 0.3) is 5.56 Å². The van der Waals surface area contributed by atoms with Crippen molar-refractivity contribution in [2.75, 3.05) is 0 Å². The number of hydrogen-bond acceptors (Lipinski definition) is 1. The number of hydrogen-bond donors (Lipinski definition) is 0. The molecule has 0 N–H and O–H groups in total. The summed E-state index contributed by atoms with van der Waals surface area (Å²) in [5, 5.41) is 1.10. The molecular weight excluding hydrogens is 248 g/mol. The van der Waals surface area contributed by atoms with Gasteiger partial charge in [-0.2, -0.15) is 0 Å². The van der Waals surface area contributed by atoms with Crippen LogP contribution in [0.1, 0.15) is 5.56 Å². The van der Waals surface area contributed by atoms with E-state index in [0.717, 1.165) is 27.5 Å². The molecule has 98 valence electrons. The normalized spacial score (nSPS) is 11.7. The van der Waals surface area contributed by atoms with Crippen LogP contribution in [0.4, 0.5) is 0 Å². The molecule has 4 aromatic rings. The molecule has 0 fully saturated rings. The second-order valence-electron chi connectivity index (χ2n) is 5.28. The molecule has 2 aromatic heterocycles. The van der Waals surface area contributed by atoms with Crippen LogP contribution in [0, 0.1) is 6.92 Å². The lowest BCUT2D eigenvalue weighted by molar-refractivity contribution is 0.902. The zero-order chi connectivity index (χ0) is 13.9. The van der Waals surface area contributed by atoms with Gasteiger partial charge >= 0.3 is 0 Å². The van der Waals surface area contributed by atoms with Gasteiger partial charge in [0.1, 0.15) is 5.52 Å². The minimum Gasteiger partial charge on any atom is -0.308 e. The molecule has 0 aliphatic carbocycles. The van der Waals surface area contributed by atoms with E-state index in [2.05, 4.69) is 23.5 Å². The van der Waals surface area contributed by atoms with Crippen molar-refractivity contribution in [2.24, 2.45) is 7.05 Å². The van der Waals surface area contributed by atoms with Crippen LogP contribution < -0.4 is 5.56 Å². The van der Waals surface area contributed by atoms with E-state index in [1.54, 1.807) is 4.57 Å². The van der Waals surface area contributed by atoms with E-state index < -0.39 is 0 Å². The molecule has 3 heteroatoms. The van der Waals surface area contributed by atoms with Crippen molar-refractivity contribution in [2.45, 2.75) is 6.92 Å². The van der Waals surface area contributed by atoms with Crippen LogP contribution in [0.5, 0.6) is 0 Å². The van der Waals surface area contributed by atoms with Gasteiger partial charge in [0.2, 0.25) is 0 Å². The van der Waals surface area contributed by atoms with Crippen LogP contribution in [-0.4, -0.2) is 8.97 Å². The minimum atomic E-state index is 0.0394. The summed E-state index contributed by atoms with van der Waals surface area (Å²) >= 11 is 0. The first-order valence-electron chi connectivity index (χ1n) is 6.66. The van der Waals surface area contributed by atoms with Crippen LogP contribution in [0.2, 0.25) is 0 Å². The van der Waals surface area contributed by atoms with Crippen molar-refractivity contribution in [3.63, 3.8) is 0 Å². The number of aryl methyl sites for hydroxylation is 2. The van der Waals surface area contributed by atoms with E-state index in [4.69, 9.17) is 0 Å². The van der Waals surface area contributed by atoms with Gasteiger partial charge in [0.05, 0.1) is 16.6 Å². The molecule has 0 amide bonds. The fourth-order valence-electron chi connectivity index (χ4n) is 2.95. The largest absolute Gasteiger partial charge is 0.308 e. The molecule has 20 heavy (non-hydrogen) atoms. The third-order valence-corrected chi connectivity index (χ3v) is 3.97. The molecule has 0 radical (unpaired) electrons. The predicted octanol–water partition coefficient (Wildman–Crippen LogP) is 3.25. The van der Waals surface area contributed by atoms with E-state index in [-0.39, 0.29) is 5.56 Å². The minimum absolute atomic E-state index is 0.0394. The molecule has 0 aliphatic heterocycles. The average Bonchev–Trinajstić information content (AvgIpc) is 2.84. The molecule has 0 unspecified atom stereocenters. The second kappa shape index (κ2) is 3.73. The van der Waals surface area contributed by atoms with Crippen molar-refractivity contribution >= 4 is 27.5 Å². The average molecular weight is 262 g/mol. The summed E-state index contributed by atoms with van der Waals surface area (Å²) in [7, 11) is 1.83. The van der Waals surface area contributed by atoms with Crippen molar-refractivity contribution in [1.82, 2.24) is 8.97 Å². The van der Waals surface area contributed by atoms with Gasteiger partial charge < -0.3 is 8.97 Å². The summed E-state index contributed by atoms with van der Waals surface area (Å²) in [5.74, 6) is 0. The number of nitrogens with zero attached hydrogens (tertiary/aromatic N) is 2.